The van der Waals surface area contributed by atoms with Gasteiger partial charge in [-0.3, -0.25) is 0 Å². The molecular weight excluding hydrogens is 413 g/mol. The Morgan fingerprint density at radius 2 is 1.94 bits per heavy atom. The molecule has 0 aliphatic rings. The molecule has 0 amide bonds. The van der Waals surface area contributed by atoms with Crippen LogP contribution in [0.15, 0.2) is 66.5 Å². The lowest BCUT2D eigenvalue weighted by Gasteiger charge is -2.09. The number of oxime groups is 1. The van der Waals surface area contributed by atoms with Crippen molar-refractivity contribution in [2.45, 2.75) is 19.3 Å². The molecule has 0 radical (unpaired) electrons. The fourth-order valence-corrected chi connectivity index (χ4v) is 2.93. The highest BCUT2D eigenvalue weighted by Crippen LogP contribution is 2.30. The second-order valence-corrected chi connectivity index (χ2v) is 6.59. The minimum Gasteiger partial charge on any atom is -0.489 e. The number of carbonyl (C=O) groups is 1. The zero-order valence-corrected chi connectivity index (χ0v) is 16.3. The summed E-state index contributed by atoms with van der Waals surface area (Å²) >= 11 is 0. The number of carboxylic acid groups (broad SMARTS) is 1. The number of fused-ring (bicyclic) bond motifs is 1. The highest BCUT2D eigenvalue weighted by atomic mass is 19.4. The highest BCUT2D eigenvalue weighted by Gasteiger charge is 2.29. The van der Waals surface area contributed by atoms with E-state index in [9.17, 15) is 18.0 Å². The average Bonchev–Trinajstić information content (AvgIpc) is 3.06. The van der Waals surface area contributed by atoms with E-state index >= 15 is 0 Å². The first-order chi connectivity index (χ1) is 14.8. The quantitative estimate of drug-likeness (QED) is 0.298. The lowest BCUT2D eigenvalue weighted by Crippen LogP contribution is -2.05. The number of benzene rings is 2. The van der Waals surface area contributed by atoms with Crippen molar-refractivity contribution in [1.29, 1.82) is 0 Å². The molecule has 0 fully saturated rings. The Hall–Kier alpha value is -3.75. The zero-order valence-electron chi connectivity index (χ0n) is 16.3. The molecule has 0 aliphatic heterocycles. The molecule has 0 unspecified atom stereocenters. The summed E-state index contributed by atoms with van der Waals surface area (Å²) in [6.07, 6.45) is 0.579. The van der Waals surface area contributed by atoms with Crippen LogP contribution in [0.4, 0.5) is 13.2 Å². The normalized spacial score (nSPS) is 11.7. The smallest absolute Gasteiger partial charge is 0.416 e. The van der Waals surface area contributed by atoms with Crippen LogP contribution in [0.3, 0.4) is 0 Å². The van der Waals surface area contributed by atoms with Crippen molar-refractivity contribution < 1.29 is 32.6 Å². The van der Waals surface area contributed by atoms with Crippen LogP contribution < -0.4 is 4.74 Å². The number of allylic oxidation sites excluding steroid dienone is 1. The van der Waals surface area contributed by atoms with Crippen LogP contribution in [0.2, 0.25) is 0 Å². The van der Waals surface area contributed by atoms with Gasteiger partial charge in [-0.25, -0.2) is 4.79 Å². The van der Waals surface area contributed by atoms with Gasteiger partial charge in [-0.05, 0) is 35.9 Å². The third-order valence-corrected chi connectivity index (χ3v) is 4.35. The molecule has 0 saturated carbocycles. The number of hydrogen-bond acceptors (Lipinski definition) is 4. The Morgan fingerprint density at radius 1 is 1.19 bits per heavy atom. The van der Waals surface area contributed by atoms with E-state index in [-0.39, 0.29) is 6.61 Å². The number of aromatic nitrogens is 1. The second kappa shape index (κ2) is 9.38. The van der Waals surface area contributed by atoms with E-state index in [1.165, 1.54) is 18.3 Å². The number of aliphatic carboxylic acids is 1. The Labute approximate surface area is 175 Å². The van der Waals surface area contributed by atoms with Gasteiger partial charge in [0.15, 0.2) is 0 Å². The fraction of sp³-hybridized carbons (Fsp3) is 0.182. The summed E-state index contributed by atoms with van der Waals surface area (Å²) in [7, 11) is 0. The summed E-state index contributed by atoms with van der Waals surface area (Å²) in [5.41, 5.74) is 1.44. The lowest BCUT2D eigenvalue weighted by atomic mass is 10.1. The molecule has 0 bridgehead atoms. The van der Waals surface area contributed by atoms with Gasteiger partial charge in [0.05, 0.1) is 11.8 Å². The number of carboxylic acids is 1. The van der Waals surface area contributed by atoms with Crippen molar-refractivity contribution in [3.05, 3.63) is 78.0 Å². The number of alkyl halides is 3. The van der Waals surface area contributed by atoms with Crippen LogP contribution in [-0.4, -0.2) is 28.5 Å². The third kappa shape index (κ3) is 5.65. The highest BCUT2D eigenvalue weighted by molar-refractivity contribution is 6.00. The minimum absolute atomic E-state index is 0.0994. The zero-order chi connectivity index (χ0) is 22.4. The molecule has 2 aromatic carbocycles. The van der Waals surface area contributed by atoms with E-state index in [1.54, 1.807) is 18.2 Å². The Kier molecular flexibility index (Phi) is 6.64. The first-order valence-corrected chi connectivity index (χ1v) is 9.18. The van der Waals surface area contributed by atoms with Crippen LogP contribution in [0.25, 0.3) is 10.9 Å². The van der Waals surface area contributed by atoms with Gasteiger partial charge in [-0.2, -0.15) is 13.2 Å². The van der Waals surface area contributed by atoms with Gasteiger partial charge in [-0.1, -0.05) is 23.4 Å². The van der Waals surface area contributed by atoms with E-state index in [4.69, 9.17) is 14.7 Å². The van der Waals surface area contributed by atoms with Gasteiger partial charge in [0.1, 0.15) is 12.4 Å². The molecule has 0 saturated heterocycles. The first kappa shape index (κ1) is 21.9. The first-order valence-electron chi connectivity index (χ1n) is 9.18. The van der Waals surface area contributed by atoms with Crippen LogP contribution in [0.1, 0.15) is 16.7 Å². The van der Waals surface area contributed by atoms with Crippen molar-refractivity contribution >= 4 is 23.1 Å². The monoisotopic (exact) mass is 432 g/mol. The van der Waals surface area contributed by atoms with Crippen LogP contribution in [0.5, 0.6) is 5.75 Å². The maximum atomic E-state index is 12.7. The number of rotatable bonds is 9. The van der Waals surface area contributed by atoms with Crippen molar-refractivity contribution in [2.24, 2.45) is 5.16 Å². The second-order valence-electron chi connectivity index (χ2n) is 6.59. The standard InChI is InChI=1S/C22H19F3N2O4/c1-2-9-27-12-16(11-26-31-14-21(28)29)19-10-18(7-8-20(19)27)30-13-15-3-5-17(6-4-15)22(23,24)25/h2-8,10-12H,1,9,13-14H2,(H,28,29). The molecule has 31 heavy (non-hydrogen) atoms. The molecule has 1 N–H and O–H groups in total. The summed E-state index contributed by atoms with van der Waals surface area (Å²) in [4.78, 5) is 15.2. The summed E-state index contributed by atoms with van der Waals surface area (Å²) in [6, 6.07) is 10.2. The summed E-state index contributed by atoms with van der Waals surface area (Å²) in [6.45, 7) is 3.82. The van der Waals surface area contributed by atoms with Gasteiger partial charge >= 0.3 is 12.1 Å². The minimum atomic E-state index is -4.38. The molecule has 3 aromatic rings. The lowest BCUT2D eigenvalue weighted by molar-refractivity contribution is -0.142. The molecule has 9 heteroatoms. The van der Waals surface area contributed by atoms with Crippen molar-refractivity contribution in [3.8, 4) is 5.75 Å². The van der Waals surface area contributed by atoms with Gasteiger partial charge in [0.25, 0.3) is 0 Å². The third-order valence-electron chi connectivity index (χ3n) is 4.35. The van der Waals surface area contributed by atoms with E-state index in [2.05, 4.69) is 11.7 Å². The topological polar surface area (TPSA) is 73.1 Å². The Balaban J connectivity index is 1.79. The number of ether oxygens (including phenoxy) is 1. The average molecular weight is 432 g/mol. The molecule has 0 aliphatic carbocycles. The molecule has 1 heterocycles. The Bertz CT molecular complexity index is 1100. The van der Waals surface area contributed by atoms with E-state index in [0.29, 0.717) is 23.4 Å². The fourth-order valence-electron chi connectivity index (χ4n) is 2.93. The largest absolute Gasteiger partial charge is 0.489 e. The van der Waals surface area contributed by atoms with Crippen LogP contribution >= 0.6 is 0 Å². The van der Waals surface area contributed by atoms with Crippen LogP contribution in [0, 0.1) is 0 Å². The summed E-state index contributed by atoms with van der Waals surface area (Å²) in [5.74, 6) is -0.616. The predicted molar refractivity (Wildman–Crippen MR) is 109 cm³/mol. The molecule has 1 aromatic heterocycles. The van der Waals surface area contributed by atoms with Gasteiger partial charge in [0, 0.05) is 29.2 Å². The maximum absolute atomic E-state index is 12.7. The molecule has 162 valence electrons. The molecular formula is C22H19F3N2O4. The number of halogens is 3. The van der Waals surface area contributed by atoms with Gasteiger partial charge < -0.3 is 19.2 Å². The van der Waals surface area contributed by atoms with E-state index < -0.39 is 24.3 Å². The SMILES string of the molecule is C=CCn1cc(C=NOCC(=O)O)c2cc(OCc3ccc(C(F)(F)F)cc3)ccc21. The molecule has 0 spiro atoms. The van der Waals surface area contributed by atoms with E-state index in [0.717, 1.165) is 23.0 Å². The van der Waals surface area contributed by atoms with Crippen molar-refractivity contribution in [3.63, 3.8) is 0 Å². The molecule has 3 rings (SSSR count). The summed E-state index contributed by atoms with van der Waals surface area (Å²) < 4.78 is 45.7. The maximum Gasteiger partial charge on any atom is 0.416 e. The number of nitrogens with zero attached hydrogens (tertiary/aromatic N) is 2. The van der Waals surface area contributed by atoms with E-state index in [1.807, 2.05) is 16.8 Å². The summed E-state index contributed by atoms with van der Waals surface area (Å²) in [5, 5.41) is 13.1. The van der Waals surface area contributed by atoms with Gasteiger partial charge in [0.2, 0.25) is 6.61 Å². The molecule has 0 atom stereocenters. The van der Waals surface area contributed by atoms with Gasteiger partial charge in [-0.15, -0.1) is 6.58 Å². The van der Waals surface area contributed by atoms with Crippen LogP contribution in [-0.2, 0) is 29.0 Å². The molecule has 6 nitrogen and oxygen atoms in total. The predicted octanol–water partition coefficient (Wildman–Crippen LogP) is 4.86. The van der Waals surface area contributed by atoms with Crippen molar-refractivity contribution in [1.82, 2.24) is 4.57 Å². The Morgan fingerprint density at radius 3 is 2.58 bits per heavy atom. The van der Waals surface area contributed by atoms with Crippen molar-refractivity contribution in [2.75, 3.05) is 6.61 Å². The number of hydrogen-bond donors (Lipinski definition) is 1.